The summed E-state index contributed by atoms with van der Waals surface area (Å²) in [5.74, 6) is 1.36. The highest BCUT2D eigenvalue weighted by atomic mass is 79.9. The number of aliphatic imine (C=N–C) groups is 1. The molecule has 9 heteroatoms. The van der Waals surface area contributed by atoms with E-state index in [9.17, 15) is 9.59 Å². The van der Waals surface area contributed by atoms with Crippen molar-refractivity contribution in [3.05, 3.63) is 22.2 Å². The normalized spacial score (nSPS) is 15.8. The molecule has 4 N–H and O–H groups in total. The quantitative estimate of drug-likeness (QED) is 0.319. The van der Waals surface area contributed by atoms with Crippen LogP contribution in [0.3, 0.4) is 0 Å². The zero-order valence-electron chi connectivity index (χ0n) is 20.1. The molecule has 8 nitrogen and oxygen atoms in total. The molecule has 2 rings (SSSR count). The van der Waals surface area contributed by atoms with E-state index in [1.165, 1.54) is 26.4 Å². The van der Waals surface area contributed by atoms with E-state index in [2.05, 4.69) is 31.6 Å². The lowest BCUT2D eigenvalue weighted by Gasteiger charge is -2.24. The Kier molecular flexibility index (Phi) is 11.0. The molecule has 1 atom stereocenters. The lowest BCUT2D eigenvalue weighted by atomic mass is 9.84. The second-order valence-electron chi connectivity index (χ2n) is 8.93. The summed E-state index contributed by atoms with van der Waals surface area (Å²) in [6.07, 6.45) is 6.51. The highest BCUT2D eigenvalue weighted by Crippen LogP contribution is 2.33. The van der Waals surface area contributed by atoms with Crippen LogP contribution in [0.4, 0.5) is 0 Å². The van der Waals surface area contributed by atoms with Crippen LogP contribution in [0.2, 0.25) is 0 Å². The zero-order valence-corrected chi connectivity index (χ0v) is 21.7. The van der Waals surface area contributed by atoms with Crippen molar-refractivity contribution < 1.29 is 19.1 Å². The summed E-state index contributed by atoms with van der Waals surface area (Å²) >= 11 is 3.46. The predicted molar refractivity (Wildman–Crippen MR) is 134 cm³/mol. The molecule has 1 aromatic carbocycles. The monoisotopic (exact) mass is 524 g/mol. The number of carbonyl (C=O) groups is 2. The number of nitrogens with zero attached hydrogens (tertiary/aromatic N) is 1. The van der Waals surface area contributed by atoms with Crippen molar-refractivity contribution in [2.75, 3.05) is 20.8 Å². The van der Waals surface area contributed by atoms with Gasteiger partial charge in [-0.1, -0.05) is 61.9 Å². The zero-order chi connectivity index (χ0) is 24.4. The number of hydrogen-bond donors (Lipinski definition) is 3. The van der Waals surface area contributed by atoms with Crippen LogP contribution in [-0.4, -0.2) is 44.6 Å². The van der Waals surface area contributed by atoms with E-state index < -0.39 is 6.04 Å². The van der Waals surface area contributed by atoms with Crippen molar-refractivity contribution >= 4 is 33.7 Å². The fourth-order valence-electron chi connectivity index (χ4n) is 3.97. The minimum atomic E-state index is -0.611. The second kappa shape index (κ2) is 13.4. The van der Waals surface area contributed by atoms with E-state index in [1.807, 2.05) is 13.8 Å². The molecule has 1 saturated carbocycles. The number of amides is 2. The fourth-order valence-corrected chi connectivity index (χ4v) is 4.43. The van der Waals surface area contributed by atoms with Crippen LogP contribution in [0, 0.1) is 11.8 Å². The Morgan fingerprint density at radius 1 is 1.15 bits per heavy atom. The highest BCUT2D eigenvalue weighted by molar-refractivity contribution is 9.10. The largest absolute Gasteiger partial charge is 0.493 e. The van der Waals surface area contributed by atoms with Gasteiger partial charge in [0.25, 0.3) is 0 Å². The van der Waals surface area contributed by atoms with E-state index >= 15 is 0 Å². The van der Waals surface area contributed by atoms with Crippen molar-refractivity contribution in [3.8, 4) is 11.5 Å². The number of hydrogen-bond acceptors (Lipinski definition) is 5. The van der Waals surface area contributed by atoms with Gasteiger partial charge in [-0.25, -0.2) is 4.99 Å². The van der Waals surface area contributed by atoms with Gasteiger partial charge in [0.1, 0.15) is 6.04 Å². The Labute approximate surface area is 205 Å². The molecule has 33 heavy (non-hydrogen) atoms. The number of nitrogens with two attached hydrogens (primary N) is 1. The van der Waals surface area contributed by atoms with Crippen LogP contribution in [-0.2, 0) is 16.0 Å². The minimum absolute atomic E-state index is 0.0443. The first-order valence-corrected chi connectivity index (χ1v) is 12.3. The molecule has 0 heterocycles. The maximum Gasteiger partial charge on any atom is 0.244 e. The lowest BCUT2D eigenvalue weighted by Crippen LogP contribution is -2.42. The maximum atomic E-state index is 12.8. The number of methoxy groups -OCH3 is 2. The number of ether oxygens (including phenoxy) is 2. The van der Waals surface area contributed by atoms with Crippen LogP contribution >= 0.6 is 15.9 Å². The van der Waals surface area contributed by atoms with Crippen molar-refractivity contribution in [2.24, 2.45) is 22.6 Å². The number of benzene rings is 1. The SMILES string of the molecule is COc1cc(Br)c(CC(=O)NC(N)=N[C@H](CC2CCCCC2)C(=O)NCC(C)C)cc1OC. The fraction of sp³-hybridized carbons (Fsp3) is 0.625. The topological polar surface area (TPSA) is 115 Å². The third kappa shape index (κ3) is 8.87. The summed E-state index contributed by atoms with van der Waals surface area (Å²) in [5.41, 5.74) is 6.76. The summed E-state index contributed by atoms with van der Waals surface area (Å²) in [6.45, 7) is 4.66. The van der Waals surface area contributed by atoms with Crippen LogP contribution in [0.25, 0.3) is 0 Å². The molecule has 0 unspecified atom stereocenters. The van der Waals surface area contributed by atoms with Gasteiger partial charge in [0, 0.05) is 11.0 Å². The van der Waals surface area contributed by atoms with E-state index in [1.54, 1.807) is 19.2 Å². The van der Waals surface area contributed by atoms with E-state index in [0.717, 1.165) is 12.8 Å². The summed E-state index contributed by atoms with van der Waals surface area (Å²) in [6, 6.07) is 2.87. The Morgan fingerprint density at radius 2 is 1.79 bits per heavy atom. The Hall–Kier alpha value is -2.29. The summed E-state index contributed by atoms with van der Waals surface area (Å²) in [7, 11) is 3.09. The molecule has 0 saturated heterocycles. The van der Waals surface area contributed by atoms with Gasteiger partial charge in [0.2, 0.25) is 11.8 Å². The Morgan fingerprint density at radius 3 is 2.39 bits per heavy atom. The summed E-state index contributed by atoms with van der Waals surface area (Å²) < 4.78 is 11.3. The third-order valence-corrected chi connectivity index (χ3v) is 6.47. The van der Waals surface area contributed by atoms with E-state index in [-0.39, 0.29) is 24.2 Å². The third-order valence-electron chi connectivity index (χ3n) is 5.73. The summed E-state index contributed by atoms with van der Waals surface area (Å²) in [5, 5.41) is 5.58. The number of guanidine groups is 1. The number of halogens is 1. The first-order valence-electron chi connectivity index (χ1n) is 11.5. The Balaban J connectivity index is 2.08. The summed E-state index contributed by atoms with van der Waals surface area (Å²) in [4.78, 5) is 29.8. The first-order chi connectivity index (χ1) is 15.7. The van der Waals surface area contributed by atoms with Gasteiger partial charge in [0.15, 0.2) is 17.5 Å². The molecule has 0 spiro atoms. The first kappa shape index (κ1) is 27.0. The van der Waals surface area contributed by atoms with Crippen LogP contribution in [0.15, 0.2) is 21.6 Å². The Bertz CT molecular complexity index is 838. The van der Waals surface area contributed by atoms with Gasteiger partial charge in [-0.05, 0) is 36.0 Å². The molecule has 1 fully saturated rings. The molecule has 2 amide bonds. The van der Waals surface area contributed by atoms with Crippen molar-refractivity contribution in [1.29, 1.82) is 0 Å². The smallest absolute Gasteiger partial charge is 0.244 e. The predicted octanol–water partition coefficient (Wildman–Crippen LogP) is 3.55. The molecular formula is C24H37BrN4O4. The number of carbonyl (C=O) groups excluding carboxylic acids is 2. The van der Waals surface area contributed by atoms with Crippen molar-refractivity contribution in [1.82, 2.24) is 10.6 Å². The molecule has 0 aromatic heterocycles. The number of nitrogens with one attached hydrogen (secondary N) is 2. The van der Waals surface area contributed by atoms with Crippen LogP contribution < -0.4 is 25.8 Å². The molecule has 1 aliphatic rings. The molecule has 0 radical (unpaired) electrons. The number of rotatable bonds is 10. The van der Waals surface area contributed by atoms with Gasteiger partial charge in [0.05, 0.1) is 20.6 Å². The standard InChI is InChI=1S/C24H37BrN4O4/c1-15(2)14-27-23(31)19(10-16-8-6-5-7-9-16)28-24(26)29-22(30)12-17-11-20(32-3)21(33-4)13-18(17)25/h11,13,15-16,19H,5-10,12,14H2,1-4H3,(H,27,31)(H3,26,28,29,30)/t19-/m1/s1. The average Bonchev–Trinajstić information content (AvgIpc) is 2.78. The second-order valence-corrected chi connectivity index (χ2v) is 9.79. The van der Waals surface area contributed by atoms with Crippen molar-refractivity contribution in [3.63, 3.8) is 0 Å². The average molecular weight is 525 g/mol. The molecule has 0 aliphatic heterocycles. The van der Waals surface area contributed by atoms with Gasteiger partial charge in [-0.3, -0.25) is 14.9 Å². The molecule has 1 aliphatic carbocycles. The van der Waals surface area contributed by atoms with Crippen molar-refractivity contribution in [2.45, 2.75) is 64.8 Å². The highest BCUT2D eigenvalue weighted by Gasteiger charge is 2.25. The van der Waals surface area contributed by atoms with Crippen LogP contribution in [0.5, 0.6) is 11.5 Å². The maximum absolute atomic E-state index is 12.8. The van der Waals surface area contributed by atoms with Gasteiger partial charge in [-0.15, -0.1) is 0 Å². The van der Waals surface area contributed by atoms with E-state index in [0.29, 0.717) is 46.3 Å². The van der Waals surface area contributed by atoms with Gasteiger partial charge >= 0.3 is 0 Å². The molecule has 0 bridgehead atoms. The van der Waals surface area contributed by atoms with Crippen LogP contribution in [0.1, 0.15) is 57.9 Å². The molecule has 184 valence electrons. The minimum Gasteiger partial charge on any atom is -0.493 e. The molecular weight excluding hydrogens is 488 g/mol. The lowest BCUT2D eigenvalue weighted by molar-refractivity contribution is -0.123. The van der Waals surface area contributed by atoms with Gasteiger partial charge in [-0.2, -0.15) is 0 Å². The van der Waals surface area contributed by atoms with E-state index in [4.69, 9.17) is 15.2 Å². The van der Waals surface area contributed by atoms with Gasteiger partial charge < -0.3 is 20.5 Å². The molecule has 1 aromatic rings.